The van der Waals surface area contributed by atoms with Crippen molar-refractivity contribution in [2.45, 2.75) is 31.9 Å². The number of fused-ring (bicyclic) bond motifs is 1. The smallest absolute Gasteiger partial charge is 0.410 e. The normalized spacial score (nSPS) is 20.3. The van der Waals surface area contributed by atoms with Crippen LogP contribution in [0.5, 0.6) is 0 Å². The van der Waals surface area contributed by atoms with Crippen molar-refractivity contribution < 1.29 is 9.53 Å². The maximum absolute atomic E-state index is 12.8. The van der Waals surface area contributed by atoms with Crippen molar-refractivity contribution in [3.8, 4) is 0 Å². The van der Waals surface area contributed by atoms with Crippen LogP contribution < -0.4 is 5.46 Å². The zero-order valence-electron chi connectivity index (χ0n) is 15.0. The van der Waals surface area contributed by atoms with E-state index in [1.165, 1.54) is 12.8 Å². The predicted molar refractivity (Wildman–Crippen MR) is 104 cm³/mol. The lowest BCUT2D eigenvalue weighted by atomic mass is 9.96. The number of aromatic nitrogens is 2. The summed E-state index contributed by atoms with van der Waals surface area (Å²) in [5, 5.41) is 0. The Kier molecular flexibility index (Phi) is 3.74. The molecule has 1 amide bonds. The topological polar surface area (TPSA) is 58.2 Å². The highest BCUT2D eigenvalue weighted by Gasteiger charge is 2.54. The van der Waals surface area contributed by atoms with Gasteiger partial charge in [-0.1, -0.05) is 41.9 Å². The number of nitrogens with zero attached hydrogens (tertiary/aromatic N) is 2. The lowest BCUT2D eigenvalue weighted by Crippen LogP contribution is -2.32. The first-order chi connectivity index (χ1) is 13.1. The number of aromatic amines is 1. The van der Waals surface area contributed by atoms with Gasteiger partial charge >= 0.3 is 6.09 Å². The molecule has 2 fully saturated rings. The number of likely N-dealkylation sites (tertiary alicyclic amines) is 1. The fourth-order valence-electron chi connectivity index (χ4n) is 4.04. The molecule has 1 aliphatic heterocycles. The molecule has 2 aromatic carbocycles. The minimum absolute atomic E-state index is 0.0793. The van der Waals surface area contributed by atoms with E-state index in [1.54, 1.807) is 0 Å². The highest BCUT2D eigenvalue weighted by molar-refractivity contribution is 6.33. The molecular weight excluding hydrogens is 337 g/mol. The molecule has 0 unspecified atom stereocenters. The fraction of sp³-hybridized carbons (Fsp3) is 0.333. The number of carbonyl (C=O) groups is 1. The molecule has 1 saturated carbocycles. The number of hydrogen-bond acceptors (Lipinski definition) is 3. The number of imidazole rings is 1. The Morgan fingerprint density at radius 3 is 2.85 bits per heavy atom. The number of rotatable bonds is 3. The molecule has 2 heterocycles. The standard InChI is InChI=1S/C21H20BN3O2/c22-15-6-7-16-17(10-15)24-19(23-16)18-11-21(8-9-21)13-25(18)20(26)27-12-14-4-2-1-3-5-14/h1-7,10,18H,8-9,11-13H2,(H,23,24)/t18-/m0/s1. The molecule has 1 atom stereocenters. The Labute approximate surface area is 159 Å². The van der Waals surface area contributed by atoms with Gasteiger partial charge < -0.3 is 9.72 Å². The molecule has 2 aliphatic rings. The second-order valence-corrected chi connectivity index (χ2v) is 7.79. The Balaban J connectivity index is 1.38. The lowest BCUT2D eigenvalue weighted by Gasteiger charge is -2.22. The quantitative estimate of drug-likeness (QED) is 0.733. The molecule has 1 aromatic heterocycles. The molecule has 5 rings (SSSR count). The number of benzene rings is 2. The van der Waals surface area contributed by atoms with Crippen LogP contribution in [0, 0.1) is 5.41 Å². The summed E-state index contributed by atoms with van der Waals surface area (Å²) in [4.78, 5) is 22.8. The van der Waals surface area contributed by atoms with E-state index in [-0.39, 0.29) is 24.2 Å². The van der Waals surface area contributed by atoms with Crippen LogP contribution in [0.1, 0.15) is 36.7 Å². The second-order valence-electron chi connectivity index (χ2n) is 7.79. The van der Waals surface area contributed by atoms with Gasteiger partial charge in [-0.2, -0.15) is 0 Å². The Hall–Kier alpha value is -2.76. The van der Waals surface area contributed by atoms with Crippen molar-refractivity contribution in [3.05, 3.63) is 59.9 Å². The van der Waals surface area contributed by atoms with Gasteiger partial charge in [0.1, 0.15) is 20.3 Å². The summed E-state index contributed by atoms with van der Waals surface area (Å²) in [5.74, 6) is 0.816. The maximum Gasteiger partial charge on any atom is 0.410 e. The zero-order valence-corrected chi connectivity index (χ0v) is 15.0. The molecule has 6 heteroatoms. The number of hydrogen-bond donors (Lipinski definition) is 1. The van der Waals surface area contributed by atoms with Gasteiger partial charge in [0.25, 0.3) is 0 Å². The van der Waals surface area contributed by atoms with Crippen LogP contribution >= 0.6 is 0 Å². The fourth-order valence-corrected chi connectivity index (χ4v) is 4.04. The molecule has 27 heavy (non-hydrogen) atoms. The number of carbonyl (C=O) groups excluding carboxylic acids is 1. The summed E-state index contributed by atoms with van der Waals surface area (Å²) in [6.45, 7) is 1.02. The first kappa shape index (κ1) is 16.4. The maximum atomic E-state index is 12.8. The first-order valence-electron chi connectivity index (χ1n) is 9.34. The van der Waals surface area contributed by atoms with Crippen molar-refractivity contribution in [3.63, 3.8) is 0 Å². The van der Waals surface area contributed by atoms with Crippen molar-refractivity contribution in [1.29, 1.82) is 0 Å². The van der Waals surface area contributed by atoms with E-state index in [9.17, 15) is 4.79 Å². The van der Waals surface area contributed by atoms with Gasteiger partial charge in [-0.05, 0) is 42.4 Å². The van der Waals surface area contributed by atoms with Crippen molar-refractivity contribution in [1.82, 2.24) is 14.9 Å². The number of nitrogens with one attached hydrogen (secondary N) is 1. The van der Waals surface area contributed by atoms with E-state index in [4.69, 9.17) is 17.6 Å². The molecule has 5 nitrogen and oxygen atoms in total. The van der Waals surface area contributed by atoms with Gasteiger partial charge in [0.15, 0.2) is 0 Å². The van der Waals surface area contributed by atoms with E-state index < -0.39 is 0 Å². The lowest BCUT2D eigenvalue weighted by molar-refractivity contribution is 0.0899. The second kappa shape index (κ2) is 6.15. The minimum Gasteiger partial charge on any atom is -0.445 e. The number of amides is 1. The van der Waals surface area contributed by atoms with Gasteiger partial charge in [-0.15, -0.1) is 0 Å². The summed E-state index contributed by atoms with van der Waals surface area (Å²) in [6, 6.07) is 15.3. The Bertz CT molecular complexity index is 997. The summed E-state index contributed by atoms with van der Waals surface area (Å²) < 4.78 is 5.60. The monoisotopic (exact) mass is 357 g/mol. The van der Waals surface area contributed by atoms with E-state index in [2.05, 4.69) is 4.98 Å². The van der Waals surface area contributed by atoms with E-state index >= 15 is 0 Å². The third-order valence-corrected chi connectivity index (χ3v) is 5.74. The summed E-state index contributed by atoms with van der Waals surface area (Å²) >= 11 is 0. The highest BCUT2D eigenvalue weighted by Crippen LogP contribution is 2.58. The van der Waals surface area contributed by atoms with Crippen LogP contribution in [0.25, 0.3) is 11.0 Å². The van der Waals surface area contributed by atoms with Gasteiger partial charge in [0, 0.05) is 6.54 Å². The van der Waals surface area contributed by atoms with Crippen molar-refractivity contribution in [2.24, 2.45) is 5.41 Å². The van der Waals surface area contributed by atoms with Crippen LogP contribution in [0.3, 0.4) is 0 Å². The minimum atomic E-state index is -0.271. The average Bonchev–Trinajstić information content (AvgIpc) is 3.12. The van der Waals surface area contributed by atoms with E-state index in [0.29, 0.717) is 5.46 Å². The molecule has 3 aromatic rings. The van der Waals surface area contributed by atoms with Crippen molar-refractivity contribution >= 4 is 30.4 Å². The van der Waals surface area contributed by atoms with Crippen LogP contribution in [-0.4, -0.2) is 35.4 Å². The SMILES string of the molecule is [B]c1ccc2nc([C@@H]3CC4(CC4)CN3C(=O)OCc3ccccc3)[nH]c2c1. The summed E-state index contributed by atoms with van der Waals surface area (Å²) in [7, 11) is 5.88. The molecular formula is C21H20BN3O2. The molecule has 2 radical (unpaired) electrons. The summed E-state index contributed by atoms with van der Waals surface area (Å²) in [5.41, 5.74) is 3.70. The third kappa shape index (κ3) is 3.09. The third-order valence-electron chi connectivity index (χ3n) is 5.74. The first-order valence-corrected chi connectivity index (χ1v) is 9.34. The molecule has 0 bridgehead atoms. The van der Waals surface area contributed by atoms with Gasteiger partial charge in [-0.25, -0.2) is 9.78 Å². The van der Waals surface area contributed by atoms with Crippen LogP contribution in [0.2, 0.25) is 0 Å². The number of ether oxygens (including phenoxy) is 1. The van der Waals surface area contributed by atoms with Gasteiger partial charge in [0.2, 0.25) is 0 Å². The zero-order chi connectivity index (χ0) is 18.4. The highest BCUT2D eigenvalue weighted by atomic mass is 16.6. The van der Waals surface area contributed by atoms with Crippen LogP contribution in [0.15, 0.2) is 48.5 Å². The average molecular weight is 357 g/mol. The molecule has 1 N–H and O–H groups in total. The largest absolute Gasteiger partial charge is 0.445 e. The summed E-state index contributed by atoms with van der Waals surface area (Å²) in [6.07, 6.45) is 2.99. The van der Waals surface area contributed by atoms with E-state index in [0.717, 1.165) is 35.4 Å². The molecule has 1 aliphatic carbocycles. The van der Waals surface area contributed by atoms with Gasteiger partial charge in [0.05, 0.1) is 17.1 Å². The molecule has 134 valence electrons. The van der Waals surface area contributed by atoms with Crippen LogP contribution in [-0.2, 0) is 11.3 Å². The van der Waals surface area contributed by atoms with Gasteiger partial charge in [-0.3, -0.25) is 4.90 Å². The van der Waals surface area contributed by atoms with Crippen molar-refractivity contribution in [2.75, 3.05) is 6.54 Å². The predicted octanol–water partition coefficient (Wildman–Crippen LogP) is 3.22. The molecule has 1 saturated heterocycles. The van der Waals surface area contributed by atoms with E-state index in [1.807, 2.05) is 53.4 Å². The molecule has 1 spiro atoms. The number of H-pyrrole nitrogens is 1. The van der Waals surface area contributed by atoms with Crippen LogP contribution in [0.4, 0.5) is 4.79 Å². The Morgan fingerprint density at radius 2 is 2.07 bits per heavy atom. The Morgan fingerprint density at radius 1 is 1.26 bits per heavy atom.